The van der Waals surface area contributed by atoms with E-state index in [1.54, 1.807) is 36.4 Å². The smallest absolute Gasteiger partial charge is 0.318 e. The Labute approximate surface area is 121 Å². The van der Waals surface area contributed by atoms with Crippen molar-refractivity contribution in [1.82, 2.24) is 5.32 Å². The molecule has 6 nitrogen and oxygen atoms in total. The fourth-order valence-corrected chi connectivity index (χ4v) is 1.65. The van der Waals surface area contributed by atoms with Gasteiger partial charge in [-0.15, -0.1) is 0 Å². The zero-order valence-corrected chi connectivity index (χ0v) is 11.4. The summed E-state index contributed by atoms with van der Waals surface area (Å²) in [7, 11) is 1.52. The molecule has 4 N–H and O–H groups in total. The van der Waals surface area contributed by atoms with Crippen LogP contribution in [0.15, 0.2) is 48.5 Å². The Morgan fingerprint density at radius 1 is 0.857 bits per heavy atom. The molecule has 0 fully saturated rings. The van der Waals surface area contributed by atoms with Crippen LogP contribution in [0.2, 0.25) is 0 Å². The van der Waals surface area contributed by atoms with Crippen molar-refractivity contribution in [3.05, 3.63) is 54.1 Å². The van der Waals surface area contributed by atoms with Crippen LogP contribution in [-0.4, -0.2) is 24.1 Å². The number of carbonyl (C=O) groups excluding carboxylic acids is 2. The molecule has 6 heteroatoms. The van der Waals surface area contributed by atoms with Crippen LogP contribution in [-0.2, 0) is 0 Å². The van der Waals surface area contributed by atoms with Crippen LogP contribution in [0.1, 0.15) is 10.4 Å². The van der Waals surface area contributed by atoms with Gasteiger partial charge in [-0.1, -0.05) is 0 Å². The van der Waals surface area contributed by atoms with E-state index in [9.17, 15) is 14.7 Å². The molecular formula is C15H15N3O3. The second-order valence-electron chi connectivity index (χ2n) is 4.28. The van der Waals surface area contributed by atoms with E-state index in [0.29, 0.717) is 16.9 Å². The summed E-state index contributed by atoms with van der Waals surface area (Å²) in [6.45, 7) is 0. The van der Waals surface area contributed by atoms with Gasteiger partial charge in [-0.2, -0.15) is 0 Å². The predicted molar refractivity (Wildman–Crippen MR) is 80.6 cm³/mol. The number of amides is 3. The number of phenols is 1. The van der Waals surface area contributed by atoms with Crippen molar-refractivity contribution in [2.24, 2.45) is 0 Å². The zero-order valence-electron chi connectivity index (χ0n) is 11.4. The van der Waals surface area contributed by atoms with Gasteiger partial charge in [-0.3, -0.25) is 4.79 Å². The lowest BCUT2D eigenvalue weighted by Gasteiger charge is -2.07. The minimum Gasteiger partial charge on any atom is -0.508 e. The molecule has 0 saturated heterocycles. The number of carbonyl (C=O) groups is 2. The fraction of sp³-hybridized carbons (Fsp3) is 0.0667. The molecule has 0 heterocycles. The third kappa shape index (κ3) is 3.97. The van der Waals surface area contributed by atoms with Crippen molar-refractivity contribution in [2.75, 3.05) is 17.7 Å². The van der Waals surface area contributed by atoms with Gasteiger partial charge in [-0.25, -0.2) is 4.79 Å². The van der Waals surface area contributed by atoms with Crippen molar-refractivity contribution < 1.29 is 14.7 Å². The van der Waals surface area contributed by atoms with Gasteiger partial charge in [-0.05, 0) is 48.5 Å². The number of anilines is 2. The van der Waals surface area contributed by atoms with E-state index in [2.05, 4.69) is 16.0 Å². The van der Waals surface area contributed by atoms with Gasteiger partial charge in [0.05, 0.1) is 0 Å². The summed E-state index contributed by atoms with van der Waals surface area (Å²) in [6.07, 6.45) is 0. The largest absolute Gasteiger partial charge is 0.508 e. The summed E-state index contributed by atoms with van der Waals surface area (Å²) in [4.78, 5) is 23.2. The highest BCUT2D eigenvalue weighted by molar-refractivity contribution is 6.04. The van der Waals surface area contributed by atoms with Gasteiger partial charge in [0.25, 0.3) is 5.91 Å². The van der Waals surface area contributed by atoms with Crippen LogP contribution in [0.4, 0.5) is 16.2 Å². The maximum absolute atomic E-state index is 12.0. The molecule has 2 rings (SSSR count). The highest BCUT2D eigenvalue weighted by atomic mass is 16.3. The summed E-state index contributed by atoms with van der Waals surface area (Å²) in [5, 5.41) is 16.9. The van der Waals surface area contributed by atoms with Gasteiger partial charge >= 0.3 is 6.03 Å². The highest BCUT2D eigenvalue weighted by Gasteiger charge is 2.06. The number of nitrogens with one attached hydrogen (secondary N) is 3. The minimum absolute atomic E-state index is 0.137. The Bertz CT molecular complexity index is 636. The summed E-state index contributed by atoms with van der Waals surface area (Å²) >= 11 is 0. The second-order valence-corrected chi connectivity index (χ2v) is 4.28. The van der Waals surface area contributed by atoms with Crippen molar-refractivity contribution >= 4 is 23.3 Å². The van der Waals surface area contributed by atoms with Crippen molar-refractivity contribution in [1.29, 1.82) is 0 Å². The van der Waals surface area contributed by atoms with Crippen LogP contribution >= 0.6 is 0 Å². The number of benzene rings is 2. The summed E-state index contributed by atoms with van der Waals surface area (Å²) in [5.74, 6) is -0.134. The van der Waals surface area contributed by atoms with Crippen LogP contribution in [0.25, 0.3) is 0 Å². The van der Waals surface area contributed by atoms with Gasteiger partial charge < -0.3 is 21.1 Å². The van der Waals surface area contributed by atoms with Gasteiger partial charge in [0.2, 0.25) is 0 Å². The molecule has 0 aliphatic carbocycles. The zero-order chi connectivity index (χ0) is 15.2. The third-order valence-electron chi connectivity index (χ3n) is 2.76. The Kier molecular flexibility index (Phi) is 4.40. The van der Waals surface area contributed by atoms with E-state index >= 15 is 0 Å². The maximum Gasteiger partial charge on any atom is 0.318 e. The van der Waals surface area contributed by atoms with Gasteiger partial charge in [0.15, 0.2) is 0 Å². The normalized spacial score (nSPS) is 9.76. The van der Waals surface area contributed by atoms with Gasteiger partial charge in [0, 0.05) is 24.0 Å². The second kappa shape index (κ2) is 6.42. The molecule has 0 aliphatic rings. The molecule has 0 aliphatic heterocycles. The quantitative estimate of drug-likeness (QED) is 0.653. The molecule has 0 aromatic heterocycles. The monoisotopic (exact) mass is 285 g/mol. The van der Waals surface area contributed by atoms with E-state index in [0.717, 1.165) is 0 Å². The van der Waals surface area contributed by atoms with Crippen molar-refractivity contribution in [3.63, 3.8) is 0 Å². The first-order chi connectivity index (χ1) is 10.1. The lowest BCUT2D eigenvalue weighted by atomic mass is 10.2. The molecular weight excluding hydrogens is 270 g/mol. The van der Waals surface area contributed by atoms with Crippen molar-refractivity contribution in [3.8, 4) is 5.75 Å². The number of phenolic OH excluding ortho intramolecular Hbond substituents is 1. The Morgan fingerprint density at radius 3 is 1.95 bits per heavy atom. The van der Waals surface area contributed by atoms with E-state index < -0.39 is 0 Å². The molecule has 2 aromatic rings. The summed E-state index contributed by atoms with van der Waals surface area (Å²) in [5.41, 5.74) is 1.64. The number of aromatic hydroxyl groups is 1. The molecule has 21 heavy (non-hydrogen) atoms. The average molecular weight is 285 g/mol. The number of hydrogen-bond donors (Lipinski definition) is 4. The summed E-state index contributed by atoms with van der Waals surface area (Å²) in [6, 6.07) is 12.4. The number of rotatable bonds is 3. The summed E-state index contributed by atoms with van der Waals surface area (Å²) < 4.78 is 0. The Balaban J connectivity index is 2.02. The molecule has 0 spiro atoms. The highest BCUT2D eigenvalue weighted by Crippen LogP contribution is 2.15. The van der Waals surface area contributed by atoms with Crippen LogP contribution in [0.5, 0.6) is 5.75 Å². The first-order valence-electron chi connectivity index (χ1n) is 6.27. The van der Waals surface area contributed by atoms with E-state index in [1.165, 1.54) is 19.2 Å². The Hall–Kier alpha value is -3.02. The third-order valence-corrected chi connectivity index (χ3v) is 2.76. The maximum atomic E-state index is 12.0. The molecule has 108 valence electrons. The van der Waals surface area contributed by atoms with E-state index in [1.807, 2.05) is 0 Å². The first kappa shape index (κ1) is 14.4. The number of hydrogen-bond acceptors (Lipinski definition) is 3. The van der Waals surface area contributed by atoms with E-state index in [-0.39, 0.29) is 17.7 Å². The van der Waals surface area contributed by atoms with Crippen LogP contribution < -0.4 is 16.0 Å². The molecule has 3 amide bonds. The molecule has 0 radical (unpaired) electrons. The van der Waals surface area contributed by atoms with Crippen LogP contribution in [0.3, 0.4) is 0 Å². The standard InChI is InChI=1S/C15H15N3O3/c1-16-15(21)18-12-4-2-10(3-5-12)14(20)17-11-6-8-13(19)9-7-11/h2-9,19H,1H3,(H,17,20)(H2,16,18,21). The molecule has 0 atom stereocenters. The molecule has 2 aromatic carbocycles. The fourth-order valence-electron chi connectivity index (χ4n) is 1.65. The molecule has 0 bridgehead atoms. The first-order valence-corrected chi connectivity index (χ1v) is 6.27. The molecule has 0 unspecified atom stereocenters. The molecule has 0 saturated carbocycles. The number of urea groups is 1. The predicted octanol–water partition coefficient (Wildman–Crippen LogP) is 2.40. The van der Waals surface area contributed by atoms with Gasteiger partial charge in [0.1, 0.15) is 5.75 Å². The SMILES string of the molecule is CNC(=O)Nc1ccc(C(=O)Nc2ccc(O)cc2)cc1. The Morgan fingerprint density at radius 2 is 1.38 bits per heavy atom. The van der Waals surface area contributed by atoms with Crippen LogP contribution in [0, 0.1) is 0 Å². The average Bonchev–Trinajstić information content (AvgIpc) is 2.50. The lowest BCUT2D eigenvalue weighted by molar-refractivity contribution is 0.102. The van der Waals surface area contributed by atoms with Crippen molar-refractivity contribution in [2.45, 2.75) is 0 Å². The lowest BCUT2D eigenvalue weighted by Crippen LogP contribution is -2.24. The van der Waals surface area contributed by atoms with E-state index in [4.69, 9.17) is 0 Å². The topological polar surface area (TPSA) is 90.5 Å². The minimum atomic E-state index is -0.323.